The molecule has 4 rings (SSSR count). The van der Waals surface area contributed by atoms with E-state index in [0.29, 0.717) is 25.3 Å². The number of hydrogen-bond acceptors (Lipinski definition) is 6. The minimum absolute atomic E-state index is 0.0210. The molecule has 0 bridgehead atoms. The summed E-state index contributed by atoms with van der Waals surface area (Å²) in [7, 11) is 1.58. The molecule has 0 aromatic heterocycles. The van der Waals surface area contributed by atoms with Gasteiger partial charge in [0.05, 0.1) is 25.7 Å². The van der Waals surface area contributed by atoms with Crippen LogP contribution in [0.3, 0.4) is 0 Å². The average molecular weight is 448 g/mol. The number of ether oxygens (including phenoxy) is 3. The van der Waals surface area contributed by atoms with Crippen LogP contribution >= 0.6 is 0 Å². The molecule has 176 valence electrons. The third kappa shape index (κ3) is 5.33. The molecule has 9 heteroatoms. The van der Waals surface area contributed by atoms with Crippen molar-refractivity contribution in [3.8, 4) is 5.75 Å². The second-order valence-corrected chi connectivity index (χ2v) is 8.78. The van der Waals surface area contributed by atoms with Gasteiger partial charge in [-0.05, 0) is 37.5 Å². The molecule has 0 spiro atoms. The maximum atomic E-state index is 12.4. The summed E-state index contributed by atoms with van der Waals surface area (Å²) in [6, 6.07) is 5.65. The van der Waals surface area contributed by atoms with E-state index in [1.807, 2.05) is 18.2 Å². The second kappa shape index (κ2) is 10.5. The van der Waals surface area contributed by atoms with Crippen molar-refractivity contribution in [2.75, 3.05) is 32.2 Å². The number of amides is 3. The first-order valence-corrected chi connectivity index (χ1v) is 11.5. The normalized spacial score (nSPS) is 26.7. The van der Waals surface area contributed by atoms with Gasteiger partial charge < -0.3 is 35.3 Å². The van der Waals surface area contributed by atoms with Crippen molar-refractivity contribution in [2.24, 2.45) is 0 Å². The number of fused-ring (bicyclic) bond motifs is 3. The first-order chi connectivity index (χ1) is 15.6. The molecule has 4 N–H and O–H groups in total. The number of anilines is 1. The third-order valence-corrected chi connectivity index (χ3v) is 6.49. The van der Waals surface area contributed by atoms with Gasteiger partial charge in [-0.15, -0.1) is 0 Å². The van der Waals surface area contributed by atoms with Crippen LogP contribution in [0.15, 0.2) is 18.2 Å². The van der Waals surface area contributed by atoms with Crippen molar-refractivity contribution in [3.63, 3.8) is 0 Å². The zero-order valence-electron chi connectivity index (χ0n) is 18.5. The number of rotatable bonds is 8. The number of benzene rings is 1. The van der Waals surface area contributed by atoms with Crippen LogP contribution in [0, 0.1) is 0 Å². The van der Waals surface area contributed by atoms with E-state index < -0.39 is 6.10 Å². The first kappa shape index (κ1) is 22.8. The summed E-state index contributed by atoms with van der Waals surface area (Å²) in [5, 5.41) is 18.6. The van der Waals surface area contributed by atoms with E-state index >= 15 is 0 Å². The Balaban J connectivity index is 1.41. The van der Waals surface area contributed by atoms with E-state index in [-0.39, 0.29) is 49.1 Å². The zero-order valence-corrected chi connectivity index (χ0v) is 18.5. The van der Waals surface area contributed by atoms with Crippen molar-refractivity contribution in [2.45, 2.75) is 68.8 Å². The third-order valence-electron chi connectivity index (χ3n) is 6.49. The SMILES string of the molecule is COCCNC(=O)C[C@H]1C[C@H]2c3cc(NC(=O)NC4CCCC4)ccc3O[C@H]2[C@@H](CO)O1. The van der Waals surface area contributed by atoms with Crippen molar-refractivity contribution in [3.05, 3.63) is 23.8 Å². The van der Waals surface area contributed by atoms with E-state index in [0.717, 1.165) is 37.0 Å². The summed E-state index contributed by atoms with van der Waals surface area (Å²) in [5.74, 6) is 0.599. The van der Waals surface area contributed by atoms with Crippen LogP contribution in [0.5, 0.6) is 5.75 Å². The van der Waals surface area contributed by atoms with Crippen LogP contribution in [0.2, 0.25) is 0 Å². The standard InChI is InChI=1S/C23H33N3O6/c1-30-9-8-24-21(28)12-16-11-18-17-10-15(26-23(29)25-14-4-2-3-5-14)6-7-19(17)32-22(18)20(13-27)31-16/h6-7,10,14,16,18,20,22,27H,2-5,8-9,11-13H2,1H3,(H,24,28)(H2,25,26,29)/t16-,18+,20-,22-/m1/s1. The van der Waals surface area contributed by atoms with E-state index in [1.54, 1.807) is 7.11 Å². The van der Waals surface area contributed by atoms with E-state index in [9.17, 15) is 14.7 Å². The predicted octanol–water partition coefficient (Wildman–Crippen LogP) is 1.90. The molecule has 1 aromatic carbocycles. The molecule has 2 aliphatic heterocycles. The van der Waals surface area contributed by atoms with Crippen LogP contribution in [0.25, 0.3) is 0 Å². The molecule has 0 radical (unpaired) electrons. The van der Waals surface area contributed by atoms with Gasteiger partial charge in [-0.25, -0.2) is 4.79 Å². The molecule has 1 saturated carbocycles. The highest BCUT2D eigenvalue weighted by Crippen LogP contribution is 2.47. The molecule has 1 aliphatic carbocycles. The highest BCUT2D eigenvalue weighted by Gasteiger charge is 2.46. The van der Waals surface area contributed by atoms with Crippen molar-refractivity contribution >= 4 is 17.6 Å². The van der Waals surface area contributed by atoms with Gasteiger partial charge in [-0.3, -0.25) is 4.79 Å². The van der Waals surface area contributed by atoms with E-state index in [4.69, 9.17) is 14.2 Å². The summed E-state index contributed by atoms with van der Waals surface area (Å²) in [4.78, 5) is 24.6. The Bertz CT molecular complexity index is 813. The van der Waals surface area contributed by atoms with Crippen LogP contribution in [-0.4, -0.2) is 68.3 Å². The summed E-state index contributed by atoms with van der Waals surface area (Å²) in [5.41, 5.74) is 1.67. The Morgan fingerprint density at radius 2 is 2.06 bits per heavy atom. The lowest BCUT2D eigenvalue weighted by Crippen LogP contribution is -2.47. The highest BCUT2D eigenvalue weighted by atomic mass is 16.6. The zero-order chi connectivity index (χ0) is 22.5. The van der Waals surface area contributed by atoms with Crippen molar-refractivity contribution in [1.82, 2.24) is 10.6 Å². The lowest BCUT2D eigenvalue weighted by Gasteiger charge is -2.37. The number of methoxy groups -OCH3 is 1. The topological polar surface area (TPSA) is 118 Å². The van der Waals surface area contributed by atoms with Gasteiger partial charge in [0.15, 0.2) is 0 Å². The summed E-state index contributed by atoms with van der Waals surface area (Å²) < 4.78 is 17.0. The maximum Gasteiger partial charge on any atom is 0.319 e. The van der Waals surface area contributed by atoms with Gasteiger partial charge in [-0.1, -0.05) is 12.8 Å². The quantitative estimate of drug-likeness (QED) is 0.452. The number of hydrogen-bond donors (Lipinski definition) is 4. The Morgan fingerprint density at radius 1 is 1.25 bits per heavy atom. The minimum Gasteiger partial charge on any atom is -0.487 e. The Hall–Kier alpha value is -2.36. The Morgan fingerprint density at radius 3 is 2.81 bits per heavy atom. The molecule has 4 atom stereocenters. The van der Waals surface area contributed by atoms with E-state index in [1.165, 1.54) is 0 Å². The lowest BCUT2D eigenvalue weighted by molar-refractivity contribution is -0.142. The first-order valence-electron chi connectivity index (χ1n) is 11.5. The molecule has 9 nitrogen and oxygen atoms in total. The second-order valence-electron chi connectivity index (χ2n) is 8.78. The van der Waals surface area contributed by atoms with Crippen LogP contribution in [-0.2, 0) is 14.3 Å². The fourth-order valence-electron chi connectivity index (χ4n) is 4.96. The highest BCUT2D eigenvalue weighted by molar-refractivity contribution is 5.89. The van der Waals surface area contributed by atoms with Crippen LogP contribution in [0.4, 0.5) is 10.5 Å². The molecule has 1 saturated heterocycles. The average Bonchev–Trinajstić information content (AvgIpc) is 3.41. The van der Waals surface area contributed by atoms with Gasteiger partial charge in [-0.2, -0.15) is 0 Å². The van der Waals surface area contributed by atoms with Gasteiger partial charge in [0.2, 0.25) is 5.91 Å². The predicted molar refractivity (Wildman–Crippen MR) is 118 cm³/mol. The maximum absolute atomic E-state index is 12.4. The fraction of sp³-hybridized carbons (Fsp3) is 0.652. The molecule has 0 unspecified atom stereocenters. The van der Waals surface area contributed by atoms with Crippen molar-refractivity contribution < 1.29 is 28.9 Å². The monoisotopic (exact) mass is 447 g/mol. The molecular weight excluding hydrogens is 414 g/mol. The van der Waals surface area contributed by atoms with Gasteiger partial charge in [0.25, 0.3) is 0 Å². The summed E-state index contributed by atoms with van der Waals surface area (Å²) >= 11 is 0. The molecule has 2 fully saturated rings. The number of carbonyl (C=O) groups is 2. The fourth-order valence-corrected chi connectivity index (χ4v) is 4.96. The molecule has 1 aromatic rings. The molecule has 3 aliphatic rings. The molecular formula is C23H33N3O6. The Kier molecular flexibility index (Phi) is 7.49. The van der Waals surface area contributed by atoms with Gasteiger partial charge >= 0.3 is 6.03 Å². The van der Waals surface area contributed by atoms with Crippen molar-refractivity contribution in [1.29, 1.82) is 0 Å². The lowest BCUT2D eigenvalue weighted by atomic mass is 9.84. The largest absolute Gasteiger partial charge is 0.487 e. The summed E-state index contributed by atoms with van der Waals surface area (Å²) in [6.45, 7) is 0.708. The smallest absolute Gasteiger partial charge is 0.319 e. The molecule has 32 heavy (non-hydrogen) atoms. The number of carbonyl (C=O) groups excluding carboxylic acids is 2. The minimum atomic E-state index is -0.514. The number of urea groups is 1. The van der Waals surface area contributed by atoms with Gasteiger partial charge in [0, 0.05) is 36.9 Å². The summed E-state index contributed by atoms with van der Waals surface area (Å²) in [6.07, 6.45) is 4.02. The Labute approximate surface area is 188 Å². The van der Waals surface area contributed by atoms with Crippen LogP contribution in [0.1, 0.15) is 50.0 Å². The molecule has 3 amide bonds. The van der Waals surface area contributed by atoms with Crippen LogP contribution < -0.4 is 20.7 Å². The number of aliphatic hydroxyl groups is 1. The number of aliphatic hydroxyl groups excluding tert-OH is 1. The van der Waals surface area contributed by atoms with Gasteiger partial charge in [0.1, 0.15) is 18.0 Å². The molecule has 2 heterocycles. The van der Waals surface area contributed by atoms with E-state index in [2.05, 4.69) is 16.0 Å². The number of nitrogens with one attached hydrogen (secondary N) is 3.